The van der Waals surface area contributed by atoms with Gasteiger partial charge in [-0.05, 0) is 31.0 Å². The molecule has 0 saturated carbocycles. The largest absolute Gasteiger partial charge is 0.466 e. The van der Waals surface area contributed by atoms with Gasteiger partial charge in [-0.15, -0.1) is 0 Å². The Bertz CT molecular complexity index is 489. The van der Waals surface area contributed by atoms with Crippen molar-refractivity contribution in [3.05, 3.63) is 33.8 Å². The zero-order valence-electron chi connectivity index (χ0n) is 11.9. The van der Waals surface area contributed by atoms with Crippen LogP contribution in [0.5, 0.6) is 0 Å². The van der Waals surface area contributed by atoms with Crippen LogP contribution in [0.3, 0.4) is 0 Å². The van der Waals surface area contributed by atoms with Gasteiger partial charge in [0, 0.05) is 28.5 Å². The van der Waals surface area contributed by atoms with Crippen molar-refractivity contribution in [3.63, 3.8) is 0 Å². The molecule has 0 radical (unpaired) electrons. The number of ether oxygens (including phenoxy) is 2. The van der Waals surface area contributed by atoms with E-state index in [4.69, 9.17) is 32.7 Å². The minimum Gasteiger partial charge on any atom is -0.466 e. The van der Waals surface area contributed by atoms with E-state index in [2.05, 4.69) is 0 Å². The van der Waals surface area contributed by atoms with Gasteiger partial charge in [0.25, 0.3) is 0 Å². The second-order valence-corrected chi connectivity index (χ2v) is 5.31. The Morgan fingerprint density at radius 3 is 2.43 bits per heavy atom. The Balaban J connectivity index is 2.25. The van der Waals surface area contributed by atoms with Crippen LogP contribution in [0.15, 0.2) is 18.2 Å². The van der Waals surface area contributed by atoms with Gasteiger partial charge in [-0.3, -0.25) is 9.59 Å². The average molecular weight is 333 g/mol. The number of benzene rings is 1. The van der Waals surface area contributed by atoms with Gasteiger partial charge in [0.05, 0.1) is 6.61 Å². The van der Waals surface area contributed by atoms with Gasteiger partial charge in [-0.1, -0.05) is 30.1 Å². The van der Waals surface area contributed by atoms with Gasteiger partial charge < -0.3 is 9.47 Å². The van der Waals surface area contributed by atoms with E-state index in [1.165, 1.54) is 0 Å². The van der Waals surface area contributed by atoms with Crippen LogP contribution in [-0.2, 0) is 25.7 Å². The molecule has 0 N–H and O–H groups in total. The maximum absolute atomic E-state index is 11.6. The number of esters is 2. The molecule has 1 rings (SSSR count). The molecule has 0 amide bonds. The monoisotopic (exact) mass is 332 g/mol. The molecule has 0 bridgehead atoms. The van der Waals surface area contributed by atoms with Crippen molar-refractivity contribution >= 4 is 35.1 Å². The first-order valence-corrected chi connectivity index (χ1v) is 7.53. The van der Waals surface area contributed by atoms with Crippen LogP contribution in [0, 0.1) is 0 Å². The highest BCUT2D eigenvalue weighted by Gasteiger charge is 2.09. The molecule has 0 aliphatic carbocycles. The maximum atomic E-state index is 11.6. The van der Waals surface area contributed by atoms with Gasteiger partial charge in [0.2, 0.25) is 0 Å². The summed E-state index contributed by atoms with van der Waals surface area (Å²) in [6.45, 7) is 2.40. The first-order chi connectivity index (χ1) is 10.0. The summed E-state index contributed by atoms with van der Waals surface area (Å²) in [5, 5.41) is 1.03. The molecule has 1 aromatic carbocycles. The van der Waals surface area contributed by atoms with Crippen LogP contribution >= 0.6 is 23.2 Å². The highest BCUT2D eigenvalue weighted by atomic mass is 35.5. The standard InChI is InChI=1S/C15H18Cl2O4/c1-2-8-20-14(18)4-3-5-15(19)21-10-11-9-12(16)6-7-13(11)17/h6-7,9H,2-5,8,10H2,1H3. The normalized spacial score (nSPS) is 10.2. The molecular weight excluding hydrogens is 315 g/mol. The third-order valence-corrected chi connectivity index (χ3v) is 3.23. The molecule has 4 nitrogen and oxygen atoms in total. The smallest absolute Gasteiger partial charge is 0.306 e. The minimum atomic E-state index is -0.380. The van der Waals surface area contributed by atoms with Crippen molar-refractivity contribution in [3.8, 4) is 0 Å². The summed E-state index contributed by atoms with van der Waals surface area (Å²) in [6.07, 6.45) is 1.57. The molecule has 0 spiro atoms. The van der Waals surface area contributed by atoms with Crippen molar-refractivity contribution in [2.75, 3.05) is 6.61 Å². The molecule has 116 valence electrons. The summed E-state index contributed by atoms with van der Waals surface area (Å²) in [6, 6.07) is 4.97. The first kappa shape index (κ1) is 17.8. The molecule has 1 aromatic rings. The van der Waals surface area contributed by atoms with E-state index >= 15 is 0 Å². The number of hydrogen-bond donors (Lipinski definition) is 0. The summed E-state index contributed by atoms with van der Waals surface area (Å²) in [4.78, 5) is 22.8. The van der Waals surface area contributed by atoms with Crippen molar-refractivity contribution in [2.24, 2.45) is 0 Å². The Kier molecular flexibility index (Phi) is 8.16. The Morgan fingerprint density at radius 1 is 1.10 bits per heavy atom. The van der Waals surface area contributed by atoms with E-state index < -0.39 is 0 Å². The van der Waals surface area contributed by atoms with Crippen LogP contribution in [0.25, 0.3) is 0 Å². The zero-order chi connectivity index (χ0) is 15.7. The lowest BCUT2D eigenvalue weighted by Gasteiger charge is -2.07. The van der Waals surface area contributed by atoms with Gasteiger partial charge in [-0.2, -0.15) is 0 Å². The van der Waals surface area contributed by atoms with E-state index in [0.29, 0.717) is 28.6 Å². The van der Waals surface area contributed by atoms with Gasteiger partial charge in [-0.25, -0.2) is 0 Å². The molecule has 0 aliphatic rings. The third kappa shape index (κ3) is 7.34. The van der Waals surface area contributed by atoms with E-state index in [1.54, 1.807) is 18.2 Å². The topological polar surface area (TPSA) is 52.6 Å². The van der Waals surface area contributed by atoms with Crippen molar-refractivity contribution in [1.82, 2.24) is 0 Å². The van der Waals surface area contributed by atoms with Gasteiger partial charge >= 0.3 is 11.9 Å². The average Bonchev–Trinajstić information content (AvgIpc) is 2.46. The summed E-state index contributed by atoms with van der Waals surface area (Å²) < 4.78 is 10.0. The highest BCUT2D eigenvalue weighted by Crippen LogP contribution is 2.21. The molecule has 0 atom stereocenters. The molecular formula is C15H18Cl2O4. The second-order valence-electron chi connectivity index (χ2n) is 4.47. The van der Waals surface area contributed by atoms with E-state index in [9.17, 15) is 9.59 Å². The molecule has 0 fully saturated rings. The summed E-state index contributed by atoms with van der Waals surface area (Å²) in [5.41, 5.74) is 0.653. The molecule has 0 heterocycles. The van der Waals surface area contributed by atoms with Gasteiger partial charge in [0.1, 0.15) is 6.61 Å². The Labute approximate surface area is 134 Å². The van der Waals surface area contributed by atoms with Crippen molar-refractivity contribution in [1.29, 1.82) is 0 Å². The lowest BCUT2D eigenvalue weighted by molar-refractivity contribution is -0.146. The fourth-order valence-electron chi connectivity index (χ4n) is 1.55. The van der Waals surface area contributed by atoms with E-state index in [1.807, 2.05) is 6.92 Å². The highest BCUT2D eigenvalue weighted by molar-refractivity contribution is 6.33. The van der Waals surface area contributed by atoms with Crippen LogP contribution in [0.1, 0.15) is 38.2 Å². The maximum Gasteiger partial charge on any atom is 0.306 e. The molecule has 6 heteroatoms. The number of carbonyl (C=O) groups excluding carboxylic acids is 2. The number of hydrogen-bond acceptors (Lipinski definition) is 4. The second kappa shape index (κ2) is 9.64. The Morgan fingerprint density at radius 2 is 1.76 bits per heavy atom. The van der Waals surface area contributed by atoms with E-state index in [-0.39, 0.29) is 31.4 Å². The summed E-state index contributed by atoms with van der Waals surface area (Å²) in [5.74, 6) is -0.670. The molecule has 0 aliphatic heterocycles. The summed E-state index contributed by atoms with van der Waals surface area (Å²) >= 11 is 11.8. The van der Waals surface area contributed by atoms with Gasteiger partial charge in [0.15, 0.2) is 0 Å². The molecule has 21 heavy (non-hydrogen) atoms. The van der Waals surface area contributed by atoms with Crippen LogP contribution in [0.2, 0.25) is 10.0 Å². The van der Waals surface area contributed by atoms with E-state index in [0.717, 1.165) is 6.42 Å². The predicted octanol–water partition coefficient (Wildman–Crippen LogP) is 4.16. The first-order valence-electron chi connectivity index (χ1n) is 6.78. The van der Waals surface area contributed by atoms with Crippen molar-refractivity contribution < 1.29 is 19.1 Å². The quantitative estimate of drug-likeness (QED) is 0.670. The fraction of sp³-hybridized carbons (Fsp3) is 0.467. The van der Waals surface area contributed by atoms with Crippen LogP contribution in [-0.4, -0.2) is 18.5 Å². The third-order valence-electron chi connectivity index (χ3n) is 2.63. The molecule has 0 unspecified atom stereocenters. The molecule has 0 aromatic heterocycles. The van der Waals surface area contributed by atoms with Crippen LogP contribution < -0.4 is 0 Å². The molecule has 0 saturated heterocycles. The zero-order valence-corrected chi connectivity index (χ0v) is 13.4. The minimum absolute atomic E-state index is 0.0680. The fourth-order valence-corrected chi connectivity index (χ4v) is 1.92. The lowest BCUT2D eigenvalue weighted by Crippen LogP contribution is -2.08. The number of carbonyl (C=O) groups is 2. The summed E-state index contributed by atoms with van der Waals surface area (Å²) in [7, 11) is 0. The lowest BCUT2D eigenvalue weighted by atomic mass is 10.2. The number of halogens is 2. The Hall–Kier alpha value is -1.26. The predicted molar refractivity (Wildman–Crippen MR) is 81.4 cm³/mol. The van der Waals surface area contributed by atoms with Crippen molar-refractivity contribution in [2.45, 2.75) is 39.2 Å². The SMILES string of the molecule is CCCOC(=O)CCCC(=O)OCc1cc(Cl)ccc1Cl. The van der Waals surface area contributed by atoms with Crippen LogP contribution in [0.4, 0.5) is 0 Å². The number of rotatable bonds is 8.